The standard InChI is InChI=1S/C18H23ClF2N2O3S/c1-11-5-6-15(16(19)22-11)27(25,26)14-4-2-3-13(14)17(24)23-12-7-9-18(20,21)10-8-12/h5-6,12-14H,2-4,7-10H2,1H3,(H,23,24). The van der Waals surface area contributed by atoms with Crippen molar-refractivity contribution in [3.05, 3.63) is 23.0 Å². The summed E-state index contributed by atoms with van der Waals surface area (Å²) in [6, 6.07) is 2.67. The molecule has 9 heteroatoms. The fourth-order valence-electron chi connectivity index (χ4n) is 3.98. The van der Waals surface area contributed by atoms with Crippen molar-refractivity contribution in [1.82, 2.24) is 10.3 Å². The average Bonchev–Trinajstić information content (AvgIpc) is 3.07. The van der Waals surface area contributed by atoms with Crippen LogP contribution in [0.25, 0.3) is 0 Å². The largest absolute Gasteiger partial charge is 0.353 e. The number of aromatic nitrogens is 1. The highest BCUT2D eigenvalue weighted by Crippen LogP contribution is 2.38. The van der Waals surface area contributed by atoms with E-state index < -0.39 is 26.9 Å². The summed E-state index contributed by atoms with van der Waals surface area (Å²) in [5.41, 5.74) is 0.605. The third-order valence-electron chi connectivity index (χ3n) is 5.51. The van der Waals surface area contributed by atoms with Crippen molar-refractivity contribution in [2.24, 2.45) is 5.92 Å². The lowest BCUT2D eigenvalue weighted by Gasteiger charge is -2.30. The molecule has 2 fully saturated rings. The van der Waals surface area contributed by atoms with Gasteiger partial charge in [-0.3, -0.25) is 4.79 Å². The summed E-state index contributed by atoms with van der Waals surface area (Å²) in [7, 11) is -3.81. The van der Waals surface area contributed by atoms with Crippen molar-refractivity contribution in [2.45, 2.75) is 74.0 Å². The second kappa shape index (κ2) is 7.62. The first kappa shape index (κ1) is 20.5. The van der Waals surface area contributed by atoms with Crippen LogP contribution in [0.3, 0.4) is 0 Å². The number of aryl methyl sites for hydroxylation is 1. The molecule has 3 rings (SSSR count). The lowest BCUT2D eigenvalue weighted by Crippen LogP contribution is -2.45. The first-order valence-electron chi connectivity index (χ1n) is 9.15. The van der Waals surface area contributed by atoms with Crippen LogP contribution in [-0.4, -0.2) is 36.5 Å². The molecule has 0 spiro atoms. The molecule has 1 aromatic rings. The van der Waals surface area contributed by atoms with Crippen LogP contribution in [0.15, 0.2) is 17.0 Å². The van der Waals surface area contributed by atoms with Gasteiger partial charge < -0.3 is 5.32 Å². The Kier molecular flexibility index (Phi) is 5.77. The fraction of sp³-hybridized carbons (Fsp3) is 0.667. The molecule has 0 aliphatic heterocycles. The van der Waals surface area contributed by atoms with E-state index in [0.29, 0.717) is 25.0 Å². The van der Waals surface area contributed by atoms with Gasteiger partial charge in [-0.25, -0.2) is 22.2 Å². The number of pyridine rings is 1. The molecule has 1 N–H and O–H groups in total. The second-order valence-electron chi connectivity index (χ2n) is 7.50. The number of hydrogen-bond acceptors (Lipinski definition) is 4. The van der Waals surface area contributed by atoms with Crippen LogP contribution >= 0.6 is 11.6 Å². The van der Waals surface area contributed by atoms with Crippen molar-refractivity contribution < 1.29 is 22.0 Å². The zero-order valence-electron chi connectivity index (χ0n) is 15.1. The molecular weight excluding hydrogens is 398 g/mol. The number of amides is 1. The van der Waals surface area contributed by atoms with Crippen molar-refractivity contribution in [3.8, 4) is 0 Å². The summed E-state index contributed by atoms with van der Waals surface area (Å²) >= 11 is 6.04. The minimum atomic E-state index is -3.81. The van der Waals surface area contributed by atoms with E-state index in [-0.39, 0.29) is 47.7 Å². The molecule has 2 saturated carbocycles. The number of rotatable bonds is 4. The Morgan fingerprint density at radius 3 is 2.52 bits per heavy atom. The van der Waals surface area contributed by atoms with Crippen LogP contribution in [0.4, 0.5) is 8.78 Å². The maximum atomic E-state index is 13.3. The van der Waals surface area contributed by atoms with Gasteiger partial charge in [0.1, 0.15) is 10.0 Å². The van der Waals surface area contributed by atoms with Gasteiger partial charge in [-0.05, 0) is 44.7 Å². The van der Waals surface area contributed by atoms with Gasteiger partial charge in [0.05, 0.1) is 11.2 Å². The fourth-order valence-corrected chi connectivity index (χ4v) is 6.53. The molecule has 0 aromatic carbocycles. The molecule has 2 aliphatic rings. The Bertz CT molecular complexity index is 822. The zero-order chi connectivity index (χ0) is 19.8. The molecule has 27 heavy (non-hydrogen) atoms. The van der Waals surface area contributed by atoms with Gasteiger partial charge in [-0.2, -0.15) is 0 Å². The van der Waals surface area contributed by atoms with E-state index in [4.69, 9.17) is 11.6 Å². The van der Waals surface area contributed by atoms with Crippen LogP contribution in [0.2, 0.25) is 5.15 Å². The van der Waals surface area contributed by atoms with E-state index in [9.17, 15) is 22.0 Å². The van der Waals surface area contributed by atoms with Crippen molar-refractivity contribution >= 4 is 27.3 Å². The Morgan fingerprint density at radius 2 is 1.89 bits per heavy atom. The topological polar surface area (TPSA) is 76.1 Å². The van der Waals surface area contributed by atoms with E-state index in [0.717, 1.165) is 0 Å². The van der Waals surface area contributed by atoms with Gasteiger partial charge in [-0.15, -0.1) is 0 Å². The number of alkyl halides is 2. The number of hydrogen-bond donors (Lipinski definition) is 1. The van der Waals surface area contributed by atoms with Crippen molar-refractivity contribution in [2.75, 3.05) is 0 Å². The van der Waals surface area contributed by atoms with E-state index in [1.54, 1.807) is 13.0 Å². The smallest absolute Gasteiger partial charge is 0.248 e. The van der Waals surface area contributed by atoms with Crippen LogP contribution in [-0.2, 0) is 14.6 Å². The van der Waals surface area contributed by atoms with Gasteiger partial charge in [-0.1, -0.05) is 18.0 Å². The van der Waals surface area contributed by atoms with Gasteiger partial charge in [0.2, 0.25) is 11.8 Å². The van der Waals surface area contributed by atoms with Crippen LogP contribution in [0, 0.1) is 12.8 Å². The predicted octanol–water partition coefficient (Wildman–Crippen LogP) is 3.68. The molecule has 1 amide bonds. The normalized spacial score (nSPS) is 26.1. The SMILES string of the molecule is Cc1ccc(S(=O)(=O)C2CCCC2C(=O)NC2CCC(F)(F)CC2)c(Cl)n1. The lowest BCUT2D eigenvalue weighted by atomic mass is 9.91. The zero-order valence-corrected chi connectivity index (χ0v) is 16.6. The minimum absolute atomic E-state index is 0.0585. The summed E-state index contributed by atoms with van der Waals surface area (Å²) in [6.07, 6.45) is 1.33. The third-order valence-corrected chi connectivity index (χ3v) is 8.22. The number of carbonyl (C=O) groups is 1. The van der Waals surface area contributed by atoms with Crippen LogP contribution in [0.5, 0.6) is 0 Å². The monoisotopic (exact) mass is 420 g/mol. The Balaban J connectivity index is 1.73. The minimum Gasteiger partial charge on any atom is -0.353 e. The Hall–Kier alpha value is -1.28. The van der Waals surface area contributed by atoms with E-state index in [2.05, 4.69) is 10.3 Å². The summed E-state index contributed by atoms with van der Waals surface area (Å²) in [5, 5.41) is 1.83. The van der Waals surface area contributed by atoms with Crippen LogP contribution < -0.4 is 5.32 Å². The maximum absolute atomic E-state index is 13.3. The van der Waals surface area contributed by atoms with Crippen LogP contribution in [0.1, 0.15) is 50.6 Å². The summed E-state index contributed by atoms with van der Waals surface area (Å²) in [6.45, 7) is 1.71. The molecule has 150 valence electrons. The quantitative estimate of drug-likeness (QED) is 0.754. The molecule has 2 unspecified atom stereocenters. The summed E-state index contributed by atoms with van der Waals surface area (Å²) in [5.74, 6) is -3.74. The molecule has 0 saturated heterocycles. The molecule has 1 heterocycles. The number of carbonyl (C=O) groups excluding carboxylic acids is 1. The third kappa shape index (κ3) is 4.42. The van der Waals surface area contributed by atoms with Gasteiger partial charge >= 0.3 is 0 Å². The first-order chi connectivity index (χ1) is 12.6. The van der Waals surface area contributed by atoms with Gasteiger partial charge in [0.25, 0.3) is 0 Å². The predicted molar refractivity (Wildman–Crippen MR) is 97.6 cm³/mol. The Morgan fingerprint density at radius 1 is 1.22 bits per heavy atom. The van der Waals surface area contributed by atoms with E-state index in [1.807, 2.05) is 0 Å². The molecular formula is C18H23ClF2N2O3S. The highest BCUT2D eigenvalue weighted by molar-refractivity contribution is 7.92. The number of nitrogens with zero attached hydrogens (tertiary/aromatic N) is 1. The second-order valence-corrected chi connectivity index (χ2v) is 9.99. The summed E-state index contributed by atoms with van der Waals surface area (Å²) in [4.78, 5) is 16.6. The Labute approximate surface area is 162 Å². The average molecular weight is 421 g/mol. The van der Waals surface area contributed by atoms with Gasteiger partial charge in [0.15, 0.2) is 9.84 Å². The molecule has 5 nitrogen and oxygen atoms in total. The van der Waals surface area contributed by atoms with E-state index in [1.165, 1.54) is 6.07 Å². The summed E-state index contributed by atoms with van der Waals surface area (Å²) < 4.78 is 52.7. The molecule has 1 aromatic heterocycles. The number of halogens is 3. The highest BCUT2D eigenvalue weighted by Gasteiger charge is 2.44. The van der Waals surface area contributed by atoms with Crippen molar-refractivity contribution in [1.29, 1.82) is 0 Å². The molecule has 0 radical (unpaired) electrons. The maximum Gasteiger partial charge on any atom is 0.248 e. The molecule has 0 bridgehead atoms. The van der Waals surface area contributed by atoms with E-state index >= 15 is 0 Å². The molecule has 2 aliphatic carbocycles. The lowest BCUT2D eigenvalue weighted by molar-refractivity contribution is -0.126. The molecule has 2 atom stereocenters. The highest BCUT2D eigenvalue weighted by atomic mass is 35.5. The van der Waals surface area contributed by atoms with Gasteiger partial charge in [0, 0.05) is 24.6 Å². The first-order valence-corrected chi connectivity index (χ1v) is 11.1. The van der Waals surface area contributed by atoms with Crippen molar-refractivity contribution in [3.63, 3.8) is 0 Å². The number of sulfone groups is 1. The number of nitrogens with one attached hydrogen (secondary N) is 1.